The van der Waals surface area contributed by atoms with Gasteiger partial charge in [-0.15, -0.1) is 0 Å². The first-order chi connectivity index (χ1) is 10.0. The molecule has 0 spiro atoms. The Hall–Kier alpha value is -2.56. The lowest BCUT2D eigenvalue weighted by molar-refractivity contribution is 0.0697. The van der Waals surface area contributed by atoms with Gasteiger partial charge in [-0.2, -0.15) is 0 Å². The summed E-state index contributed by atoms with van der Waals surface area (Å²) in [4.78, 5) is 10.9. The molecule has 0 atom stereocenters. The third-order valence-electron chi connectivity index (χ3n) is 2.98. The van der Waals surface area contributed by atoms with E-state index in [0.29, 0.717) is 12.3 Å². The molecule has 0 amide bonds. The van der Waals surface area contributed by atoms with Crippen LogP contribution in [0.4, 0.5) is 15.8 Å². The second-order valence-electron chi connectivity index (χ2n) is 4.54. The van der Waals surface area contributed by atoms with Crippen molar-refractivity contribution >= 4 is 17.3 Å². The Bertz CT molecular complexity index is 671. The lowest BCUT2D eigenvalue weighted by Crippen LogP contribution is -2.00. The minimum atomic E-state index is -0.975. The summed E-state index contributed by atoms with van der Waals surface area (Å²) in [6, 6.07) is 9.33. The summed E-state index contributed by atoms with van der Waals surface area (Å²) in [6.45, 7) is 3.98. The third kappa shape index (κ3) is 3.51. The fourth-order valence-corrected chi connectivity index (χ4v) is 1.94. The van der Waals surface area contributed by atoms with Crippen molar-refractivity contribution in [2.75, 3.05) is 11.9 Å². The Morgan fingerprint density at radius 2 is 2.05 bits per heavy atom. The standard InChI is InChI=1S/C16H16FNO3/c1-3-21-15-7-5-12(9-13(15)17)18-14-6-4-11(16(19)20)8-10(14)2/h4-9,18H,3H2,1-2H3,(H,19,20). The first kappa shape index (κ1) is 14.8. The fraction of sp³-hybridized carbons (Fsp3) is 0.188. The van der Waals surface area contributed by atoms with Crippen molar-refractivity contribution in [1.29, 1.82) is 0 Å². The number of ether oxygens (including phenoxy) is 1. The van der Waals surface area contributed by atoms with Crippen LogP contribution in [0.1, 0.15) is 22.8 Å². The SMILES string of the molecule is CCOc1ccc(Nc2ccc(C(=O)O)cc2C)cc1F. The number of carboxylic acids is 1. The van der Waals surface area contributed by atoms with Gasteiger partial charge < -0.3 is 15.2 Å². The Morgan fingerprint density at radius 3 is 2.62 bits per heavy atom. The fourth-order valence-electron chi connectivity index (χ4n) is 1.94. The molecular weight excluding hydrogens is 273 g/mol. The van der Waals surface area contributed by atoms with Crippen molar-refractivity contribution < 1.29 is 19.0 Å². The molecule has 0 fully saturated rings. The number of carbonyl (C=O) groups is 1. The molecule has 2 N–H and O–H groups in total. The second kappa shape index (κ2) is 6.26. The van der Waals surface area contributed by atoms with Crippen molar-refractivity contribution in [3.05, 3.63) is 53.3 Å². The lowest BCUT2D eigenvalue weighted by Gasteiger charge is -2.12. The Kier molecular flexibility index (Phi) is 4.42. The van der Waals surface area contributed by atoms with Gasteiger partial charge in [-0.3, -0.25) is 0 Å². The number of nitrogens with one attached hydrogen (secondary N) is 1. The predicted molar refractivity (Wildman–Crippen MR) is 79.0 cm³/mol. The zero-order valence-corrected chi connectivity index (χ0v) is 11.8. The van der Waals surface area contributed by atoms with Gasteiger partial charge in [-0.25, -0.2) is 9.18 Å². The van der Waals surface area contributed by atoms with Gasteiger partial charge >= 0.3 is 5.97 Å². The van der Waals surface area contributed by atoms with Crippen LogP contribution >= 0.6 is 0 Å². The van der Waals surface area contributed by atoms with Gasteiger partial charge in [0.2, 0.25) is 0 Å². The molecule has 0 saturated heterocycles. The molecule has 0 heterocycles. The molecular formula is C16H16FNO3. The van der Waals surface area contributed by atoms with E-state index < -0.39 is 11.8 Å². The Labute approximate surface area is 122 Å². The molecule has 0 radical (unpaired) electrons. The number of carboxylic acid groups (broad SMARTS) is 1. The summed E-state index contributed by atoms with van der Waals surface area (Å²) in [5, 5.41) is 12.0. The van der Waals surface area contributed by atoms with Gasteiger partial charge in [0.05, 0.1) is 12.2 Å². The molecule has 110 valence electrons. The number of anilines is 2. The van der Waals surface area contributed by atoms with Crippen LogP contribution in [-0.4, -0.2) is 17.7 Å². The molecule has 0 aliphatic heterocycles. The summed E-state index contributed by atoms with van der Waals surface area (Å²) >= 11 is 0. The highest BCUT2D eigenvalue weighted by Crippen LogP contribution is 2.26. The molecule has 0 unspecified atom stereocenters. The van der Waals surface area contributed by atoms with Gasteiger partial charge in [0.15, 0.2) is 11.6 Å². The van der Waals surface area contributed by atoms with E-state index in [0.717, 1.165) is 11.3 Å². The number of aryl methyl sites for hydroxylation is 1. The average Bonchev–Trinajstić information content (AvgIpc) is 2.44. The first-order valence-electron chi connectivity index (χ1n) is 6.54. The number of rotatable bonds is 5. The van der Waals surface area contributed by atoms with Crippen LogP contribution < -0.4 is 10.1 Å². The van der Waals surface area contributed by atoms with E-state index in [2.05, 4.69) is 5.32 Å². The molecule has 2 aromatic carbocycles. The normalized spacial score (nSPS) is 10.2. The largest absolute Gasteiger partial charge is 0.491 e. The van der Waals surface area contributed by atoms with E-state index in [4.69, 9.17) is 9.84 Å². The zero-order valence-electron chi connectivity index (χ0n) is 11.8. The minimum absolute atomic E-state index is 0.209. The summed E-state index contributed by atoms with van der Waals surface area (Å²) in [6.07, 6.45) is 0. The number of aromatic carboxylic acids is 1. The van der Waals surface area contributed by atoms with Crippen LogP contribution in [0.2, 0.25) is 0 Å². The van der Waals surface area contributed by atoms with Crippen molar-refractivity contribution in [3.8, 4) is 5.75 Å². The summed E-state index contributed by atoms with van der Waals surface area (Å²) < 4.78 is 18.9. The molecule has 2 aromatic rings. The van der Waals surface area contributed by atoms with Crippen LogP contribution in [0.15, 0.2) is 36.4 Å². The number of halogens is 1. The molecule has 0 bridgehead atoms. The highest BCUT2D eigenvalue weighted by atomic mass is 19.1. The molecule has 0 aliphatic rings. The van der Waals surface area contributed by atoms with E-state index in [1.165, 1.54) is 12.1 Å². The molecule has 5 heteroatoms. The summed E-state index contributed by atoms with van der Waals surface area (Å²) in [5.74, 6) is -1.21. The smallest absolute Gasteiger partial charge is 0.335 e. The maximum absolute atomic E-state index is 13.8. The Morgan fingerprint density at radius 1 is 1.29 bits per heavy atom. The van der Waals surface area contributed by atoms with E-state index in [1.807, 2.05) is 0 Å². The van der Waals surface area contributed by atoms with E-state index in [-0.39, 0.29) is 11.3 Å². The number of hydrogen-bond acceptors (Lipinski definition) is 3. The van der Waals surface area contributed by atoms with Crippen LogP contribution in [0.3, 0.4) is 0 Å². The monoisotopic (exact) mass is 289 g/mol. The maximum atomic E-state index is 13.8. The second-order valence-corrected chi connectivity index (χ2v) is 4.54. The molecule has 4 nitrogen and oxygen atoms in total. The predicted octanol–water partition coefficient (Wildman–Crippen LogP) is 3.97. The van der Waals surface area contributed by atoms with Crippen molar-refractivity contribution in [2.45, 2.75) is 13.8 Å². The van der Waals surface area contributed by atoms with Crippen molar-refractivity contribution in [1.82, 2.24) is 0 Å². The zero-order chi connectivity index (χ0) is 15.4. The quantitative estimate of drug-likeness (QED) is 0.874. The van der Waals surface area contributed by atoms with Crippen LogP contribution in [0.5, 0.6) is 5.75 Å². The summed E-state index contributed by atoms with van der Waals surface area (Å²) in [5.41, 5.74) is 2.28. The lowest BCUT2D eigenvalue weighted by atomic mass is 10.1. The van der Waals surface area contributed by atoms with E-state index in [1.54, 1.807) is 38.1 Å². The highest BCUT2D eigenvalue weighted by Gasteiger charge is 2.08. The van der Waals surface area contributed by atoms with Crippen molar-refractivity contribution in [2.24, 2.45) is 0 Å². The summed E-state index contributed by atoms with van der Waals surface area (Å²) in [7, 11) is 0. The molecule has 0 aliphatic carbocycles. The molecule has 0 aromatic heterocycles. The van der Waals surface area contributed by atoms with Gasteiger partial charge in [-0.05, 0) is 49.7 Å². The maximum Gasteiger partial charge on any atom is 0.335 e. The highest BCUT2D eigenvalue weighted by molar-refractivity contribution is 5.88. The molecule has 0 saturated carbocycles. The topological polar surface area (TPSA) is 58.6 Å². The minimum Gasteiger partial charge on any atom is -0.491 e. The molecule has 2 rings (SSSR count). The van der Waals surface area contributed by atoms with Crippen LogP contribution in [-0.2, 0) is 0 Å². The van der Waals surface area contributed by atoms with E-state index in [9.17, 15) is 9.18 Å². The van der Waals surface area contributed by atoms with Gasteiger partial charge in [0.1, 0.15) is 0 Å². The van der Waals surface area contributed by atoms with Gasteiger partial charge in [0.25, 0.3) is 0 Å². The third-order valence-corrected chi connectivity index (χ3v) is 2.98. The first-order valence-corrected chi connectivity index (χ1v) is 6.54. The number of hydrogen-bond donors (Lipinski definition) is 2. The van der Waals surface area contributed by atoms with E-state index >= 15 is 0 Å². The molecule has 21 heavy (non-hydrogen) atoms. The average molecular weight is 289 g/mol. The van der Waals surface area contributed by atoms with Crippen molar-refractivity contribution in [3.63, 3.8) is 0 Å². The Balaban J connectivity index is 2.22. The van der Waals surface area contributed by atoms with Gasteiger partial charge in [-0.1, -0.05) is 0 Å². The van der Waals surface area contributed by atoms with Crippen LogP contribution in [0, 0.1) is 12.7 Å². The van der Waals surface area contributed by atoms with Crippen LogP contribution in [0.25, 0.3) is 0 Å². The number of benzene rings is 2. The van der Waals surface area contributed by atoms with Gasteiger partial charge in [0, 0.05) is 17.4 Å².